The Balaban J connectivity index is 2.83. The molecule has 14 heavy (non-hydrogen) atoms. The third-order valence-electron chi connectivity index (χ3n) is 1.79. The molecule has 0 saturated heterocycles. The summed E-state index contributed by atoms with van der Waals surface area (Å²) in [5.41, 5.74) is 0.245. The normalized spacial score (nSPS) is 12.1. The third-order valence-corrected chi connectivity index (χ3v) is 3.12. The second-order valence-corrected chi connectivity index (χ2v) is 5.29. The first kappa shape index (κ1) is 9.36. The van der Waals surface area contributed by atoms with E-state index in [2.05, 4.69) is 0 Å². The van der Waals surface area contributed by atoms with Crippen molar-refractivity contribution in [1.82, 2.24) is 0 Å². The van der Waals surface area contributed by atoms with Crippen molar-refractivity contribution in [3.63, 3.8) is 0 Å². The van der Waals surface area contributed by atoms with Crippen LogP contribution in [0.15, 0.2) is 33.8 Å². The summed E-state index contributed by atoms with van der Waals surface area (Å²) >= 11 is 0. The lowest BCUT2D eigenvalue weighted by Crippen LogP contribution is -1.89. The van der Waals surface area contributed by atoms with Gasteiger partial charge in [-0.25, -0.2) is 8.42 Å². The molecule has 0 aliphatic heterocycles. The van der Waals surface area contributed by atoms with Crippen molar-refractivity contribution in [2.45, 2.75) is 4.90 Å². The minimum atomic E-state index is -3.82. The SMILES string of the molecule is O=S(=O)(Cl)c1cc(O)c2occc2c1. The van der Waals surface area contributed by atoms with E-state index in [1.807, 2.05) is 0 Å². The Kier molecular flexibility index (Phi) is 1.94. The van der Waals surface area contributed by atoms with Gasteiger partial charge in [-0.05, 0) is 12.1 Å². The second kappa shape index (κ2) is 2.90. The summed E-state index contributed by atoms with van der Waals surface area (Å²) in [6, 6.07) is 3.93. The van der Waals surface area contributed by atoms with Gasteiger partial charge in [0, 0.05) is 22.1 Å². The van der Waals surface area contributed by atoms with Gasteiger partial charge < -0.3 is 9.52 Å². The van der Waals surface area contributed by atoms with Crippen molar-refractivity contribution in [2.75, 3.05) is 0 Å². The van der Waals surface area contributed by atoms with Crippen LogP contribution in [0.1, 0.15) is 0 Å². The number of hydrogen-bond acceptors (Lipinski definition) is 4. The van der Waals surface area contributed by atoms with Crippen molar-refractivity contribution in [3.8, 4) is 5.75 Å². The summed E-state index contributed by atoms with van der Waals surface area (Å²) < 4.78 is 26.9. The molecule has 1 aromatic heterocycles. The maximum atomic E-state index is 11.0. The van der Waals surface area contributed by atoms with Gasteiger partial charge in [-0.15, -0.1) is 0 Å². The molecule has 1 N–H and O–H groups in total. The van der Waals surface area contributed by atoms with Gasteiger partial charge in [-0.3, -0.25) is 0 Å². The number of phenolic OH excluding ortho intramolecular Hbond substituents is 1. The van der Waals surface area contributed by atoms with E-state index in [0.29, 0.717) is 5.39 Å². The maximum Gasteiger partial charge on any atom is 0.261 e. The molecular formula is C8H5ClO4S. The Morgan fingerprint density at radius 3 is 2.71 bits per heavy atom. The average molecular weight is 233 g/mol. The molecule has 0 saturated carbocycles. The van der Waals surface area contributed by atoms with Crippen LogP contribution in [0.25, 0.3) is 11.0 Å². The highest BCUT2D eigenvalue weighted by Gasteiger charge is 2.14. The zero-order valence-electron chi connectivity index (χ0n) is 6.77. The number of hydrogen-bond donors (Lipinski definition) is 1. The van der Waals surface area contributed by atoms with E-state index in [-0.39, 0.29) is 16.2 Å². The van der Waals surface area contributed by atoms with Crippen LogP contribution in [0.3, 0.4) is 0 Å². The van der Waals surface area contributed by atoms with Gasteiger partial charge in [0.1, 0.15) is 0 Å². The fourth-order valence-corrected chi connectivity index (χ4v) is 1.96. The topological polar surface area (TPSA) is 67.5 Å². The minimum Gasteiger partial charge on any atom is -0.504 e. The van der Waals surface area contributed by atoms with Crippen LogP contribution in [-0.2, 0) is 9.05 Å². The fraction of sp³-hybridized carbons (Fsp3) is 0. The molecule has 0 unspecified atom stereocenters. The Morgan fingerprint density at radius 2 is 2.07 bits per heavy atom. The molecule has 74 valence electrons. The monoisotopic (exact) mass is 232 g/mol. The van der Waals surface area contributed by atoms with E-state index >= 15 is 0 Å². The lowest BCUT2D eigenvalue weighted by Gasteiger charge is -1.98. The van der Waals surface area contributed by atoms with Crippen LogP contribution in [-0.4, -0.2) is 13.5 Å². The molecule has 0 aliphatic rings. The molecule has 0 amide bonds. The van der Waals surface area contributed by atoms with Crippen LogP contribution in [0.4, 0.5) is 0 Å². The van der Waals surface area contributed by atoms with Crippen molar-refractivity contribution in [2.24, 2.45) is 0 Å². The van der Waals surface area contributed by atoms with E-state index in [9.17, 15) is 13.5 Å². The number of phenols is 1. The highest BCUT2D eigenvalue weighted by atomic mass is 35.7. The summed E-state index contributed by atoms with van der Waals surface area (Å²) in [5, 5.41) is 9.88. The van der Waals surface area contributed by atoms with Gasteiger partial charge in [0.15, 0.2) is 11.3 Å². The summed E-state index contributed by atoms with van der Waals surface area (Å²) in [6.45, 7) is 0. The van der Waals surface area contributed by atoms with Crippen molar-refractivity contribution in [1.29, 1.82) is 0 Å². The first-order valence-corrected chi connectivity index (χ1v) is 5.94. The van der Waals surface area contributed by atoms with E-state index < -0.39 is 9.05 Å². The summed E-state index contributed by atoms with van der Waals surface area (Å²) in [5.74, 6) is -0.244. The average Bonchev–Trinajstić information content (AvgIpc) is 2.50. The number of halogens is 1. The summed E-state index contributed by atoms with van der Waals surface area (Å²) in [6.07, 6.45) is 1.36. The molecule has 6 heteroatoms. The predicted molar refractivity (Wildman–Crippen MR) is 50.9 cm³/mol. The van der Waals surface area contributed by atoms with Crippen LogP contribution < -0.4 is 0 Å². The standard InChI is InChI=1S/C8H5ClO4S/c9-14(11,12)6-3-5-1-2-13-8(5)7(10)4-6/h1-4,10H. The molecule has 0 atom stereocenters. The number of fused-ring (bicyclic) bond motifs is 1. The molecule has 0 bridgehead atoms. The molecule has 2 rings (SSSR count). The number of aromatic hydroxyl groups is 1. The van der Waals surface area contributed by atoms with Crippen molar-refractivity contribution >= 4 is 30.7 Å². The predicted octanol–water partition coefficient (Wildman–Crippen LogP) is 2.07. The van der Waals surface area contributed by atoms with E-state index in [0.717, 1.165) is 6.07 Å². The first-order chi connectivity index (χ1) is 6.48. The first-order valence-electron chi connectivity index (χ1n) is 3.63. The zero-order valence-corrected chi connectivity index (χ0v) is 8.34. The minimum absolute atomic E-state index is 0.148. The number of furan rings is 1. The van der Waals surface area contributed by atoms with Gasteiger partial charge in [-0.2, -0.15) is 0 Å². The summed E-state index contributed by atoms with van der Waals surface area (Å²) in [4.78, 5) is -0.148. The quantitative estimate of drug-likeness (QED) is 0.765. The highest BCUT2D eigenvalue weighted by Crippen LogP contribution is 2.30. The molecule has 0 aliphatic carbocycles. The van der Waals surface area contributed by atoms with Gasteiger partial charge in [0.25, 0.3) is 9.05 Å². The van der Waals surface area contributed by atoms with E-state index in [4.69, 9.17) is 15.1 Å². The van der Waals surface area contributed by atoms with Crippen LogP contribution in [0.5, 0.6) is 5.75 Å². The van der Waals surface area contributed by atoms with Gasteiger partial charge in [0.2, 0.25) is 0 Å². The number of rotatable bonds is 1. The fourth-order valence-electron chi connectivity index (χ4n) is 1.18. The van der Waals surface area contributed by atoms with Gasteiger partial charge in [0.05, 0.1) is 11.2 Å². The summed E-state index contributed by atoms with van der Waals surface area (Å²) in [7, 11) is 1.30. The molecule has 4 nitrogen and oxygen atoms in total. The molecule has 1 heterocycles. The lowest BCUT2D eigenvalue weighted by molar-refractivity contribution is 0.463. The van der Waals surface area contributed by atoms with Crippen LogP contribution in [0, 0.1) is 0 Å². The van der Waals surface area contributed by atoms with Gasteiger partial charge in [-0.1, -0.05) is 0 Å². The molecule has 0 spiro atoms. The maximum absolute atomic E-state index is 11.0. The molecule has 2 aromatic rings. The zero-order chi connectivity index (χ0) is 10.3. The van der Waals surface area contributed by atoms with Gasteiger partial charge >= 0.3 is 0 Å². The van der Waals surface area contributed by atoms with Crippen molar-refractivity contribution < 1.29 is 17.9 Å². The van der Waals surface area contributed by atoms with E-state index in [1.54, 1.807) is 6.07 Å². The smallest absolute Gasteiger partial charge is 0.261 e. The highest BCUT2D eigenvalue weighted by molar-refractivity contribution is 8.13. The van der Waals surface area contributed by atoms with E-state index in [1.165, 1.54) is 12.3 Å². The second-order valence-electron chi connectivity index (χ2n) is 2.72. The molecule has 1 aromatic carbocycles. The Bertz CT molecular complexity index is 584. The third kappa shape index (κ3) is 1.44. The Labute approximate surface area is 84.1 Å². The molecule has 0 radical (unpaired) electrons. The molecular weight excluding hydrogens is 228 g/mol. The largest absolute Gasteiger partial charge is 0.504 e. The number of benzene rings is 1. The Morgan fingerprint density at radius 1 is 1.36 bits per heavy atom. The Hall–Kier alpha value is -1.20. The lowest BCUT2D eigenvalue weighted by atomic mass is 10.2. The van der Waals surface area contributed by atoms with Crippen molar-refractivity contribution in [3.05, 3.63) is 24.5 Å². The van der Waals surface area contributed by atoms with Crippen LogP contribution >= 0.6 is 10.7 Å². The molecule has 0 fully saturated rings. The van der Waals surface area contributed by atoms with Crippen LogP contribution in [0.2, 0.25) is 0 Å².